The van der Waals surface area contributed by atoms with Gasteiger partial charge in [0.25, 0.3) is 5.91 Å². The number of ether oxygens (including phenoxy) is 3. The van der Waals surface area contributed by atoms with E-state index in [4.69, 9.17) is 14.2 Å². The van der Waals surface area contributed by atoms with Crippen LogP contribution in [0.1, 0.15) is 129 Å². The van der Waals surface area contributed by atoms with Gasteiger partial charge in [0.2, 0.25) is 35.3 Å². The number of hydrogen-bond acceptors (Lipinski definition) is 13. The highest BCUT2D eigenvalue weighted by Crippen LogP contribution is 2.22. The lowest BCUT2D eigenvalue weighted by Crippen LogP contribution is -2.61. The second-order valence-electron chi connectivity index (χ2n) is 19.8. The van der Waals surface area contributed by atoms with Gasteiger partial charge in [-0.1, -0.05) is 39.8 Å². The van der Waals surface area contributed by atoms with E-state index in [2.05, 4.69) is 45.1 Å². The Hall–Kier alpha value is -5.82. The molecule has 1 rings (SSSR count). The molecule has 0 bridgehead atoms. The Morgan fingerprint density at radius 1 is 0.636 bits per heavy atom. The summed E-state index contributed by atoms with van der Waals surface area (Å²) in [5.41, 5.74) is -2.81. The van der Waals surface area contributed by atoms with E-state index < -0.39 is 131 Å². The van der Waals surface area contributed by atoms with E-state index in [0.717, 1.165) is 0 Å². The minimum Gasteiger partial charge on any atom is -0.460 e. The average Bonchev–Trinajstić information content (AvgIpc) is 3.66. The van der Waals surface area contributed by atoms with Gasteiger partial charge in [-0.2, -0.15) is 0 Å². The fraction of sp³-hybridized carbons (Fsp3) is 0.696. The second-order valence-corrected chi connectivity index (χ2v) is 19.8. The maximum atomic E-state index is 14.2. The maximum Gasteiger partial charge on any atom is 0.408 e. The molecule has 1 saturated heterocycles. The van der Waals surface area contributed by atoms with Crippen molar-refractivity contribution in [2.75, 3.05) is 13.1 Å². The van der Waals surface area contributed by atoms with Crippen LogP contribution in [0.4, 0.5) is 4.79 Å². The van der Waals surface area contributed by atoms with E-state index in [1.807, 2.05) is 0 Å². The fourth-order valence-corrected chi connectivity index (χ4v) is 6.51. The Bertz CT molecular complexity index is 1760. The molecule has 1 heterocycles. The minimum atomic E-state index is -1.61. The summed E-state index contributed by atoms with van der Waals surface area (Å²) < 4.78 is 16.1. The molecule has 0 aliphatic carbocycles. The summed E-state index contributed by atoms with van der Waals surface area (Å²) in [7, 11) is 0. The van der Waals surface area contributed by atoms with Crippen LogP contribution in [0.2, 0.25) is 0 Å². The Kier molecular flexibility index (Phi) is 22.7. The first-order valence-corrected chi connectivity index (χ1v) is 22.3. The van der Waals surface area contributed by atoms with Crippen molar-refractivity contribution in [2.45, 2.75) is 182 Å². The first-order valence-electron chi connectivity index (χ1n) is 22.3. The van der Waals surface area contributed by atoms with Gasteiger partial charge in [0.1, 0.15) is 53.1 Å². The number of nitrogens with zero attached hydrogens (tertiary/aromatic N) is 1. The summed E-state index contributed by atoms with van der Waals surface area (Å²) in [4.78, 5) is 135. The van der Waals surface area contributed by atoms with Gasteiger partial charge < -0.3 is 51.0 Å². The zero-order chi connectivity index (χ0) is 50.9. The van der Waals surface area contributed by atoms with Crippen LogP contribution in [-0.4, -0.2) is 130 Å². The van der Waals surface area contributed by atoms with Crippen LogP contribution in [0, 0.1) is 11.8 Å². The highest BCUT2D eigenvalue weighted by Gasteiger charge is 2.41. The van der Waals surface area contributed by atoms with Gasteiger partial charge >= 0.3 is 18.0 Å². The molecule has 6 N–H and O–H groups in total. The zero-order valence-electron chi connectivity index (χ0n) is 41.1. The van der Waals surface area contributed by atoms with Gasteiger partial charge in [-0.3, -0.25) is 43.2 Å². The quantitative estimate of drug-likeness (QED) is 0.0372. The van der Waals surface area contributed by atoms with E-state index in [9.17, 15) is 47.9 Å². The molecule has 20 nitrogen and oxygen atoms in total. The van der Waals surface area contributed by atoms with Crippen molar-refractivity contribution < 1.29 is 62.2 Å². The maximum absolute atomic E-state index is 14.2. The second kappa shape index (κ2) is 25.8. The highest BCUT2D eigenvalue weighted by molar-refractivity contribution is 6.38. The fourth-order valence-electron chi connectivity index (χ4n) is 6.51. The summed E-state index contributed by atoms with van der Waals surface area (Å²) >= 11 is 0. The first kappa shape index (κ1) is 58.2. The largest absolute Gasteiger partial charge is 0.460 e. The molecule has 0 aromatic rings. The number of carbonyl (C=O) groups excluding carboxylic acids is 10. The molecule has 1 aliphatic rings. The smallest absolute Gasteiger partial charge is 0.408 e. The number of amides is 7. The standard InChI is InChI=1S/C46H75N7O13/c1-16-19-28(36(56)41(61)47-23-17-2)48-39(59)31-20-18-24-53(31)42(62)35(27(5)6)52-40(60)34(26(3)4)51-37(57)29(21-22-32(54)64-44(7,8)9)49-38(58)30(25-33(55)65-45(10,11)12)50-43(63)66-46(13,14)15/h16-17,26-31,34-35H,1-2,18-25H2,3-15H3,(H,47,61)(H,48,59)(H,49,58)(H,50,63)(H,51,57)(H,52,60)/t28?,29-,30-,31+,34-,35-/m0/s1. The molecule has 1 aliphatic heterocycles. The molecule has 20 heteroatoms. The van der Waals surface area contributed by atoms with Crippen LogP contribution in [0.15, 0.2) is 25.3 Å². The molecule has 66 heavy (non-hydrogen) atoms. The third-order valence-corrected chi connectivity index (χ3v) is 9.47. The summed E-state index contributed by atoms with van der Waals surface area (Å²) in [5.74, 6) is -8.50. The van der Waals surface area contributed by atoms with E-state index >= 15 is 0 Å². The Morgan fingerprint density at radius 3 is 1.68 bits per heavy atom. The van der Waals surface area contributed by atoms with E-state index in [1.54, 1.807) is 90.0 Å². The van der Waals surface area contributed by atoms with Crippen LogP contribution in [0.5, 0.6) is 0 Å². The predicted molar refractivity (Wildman–Crippen MR) is 244 cm³/mol. The number of Topliss-reactive ketones (excluding diaryl/α,β-unsaturated/α-hetero) is 1. The minimum absolute atomic E-state index is 0.0338. The zero-order valence-corrected chi connectivity index (χ0v) is 41.1. The van der Waals surface area contributed by atoms with Crippen molar-refractivity contribution in [1.82, 2.24) is 36.8 Å². The molecule has 0 saturated carbocycles. The van der Waals surface area contributed by atoms with Gasteiger partial charge in [-0.15, -0.1) is 13.2 Å². The lowest BCUT2D eigenvalue weighted by Gasteiger charge is -2.33. The molecule has 0 radical (unpaired) electrons. The molecule has 1 fully saturated rings. The van der Waals surface area contributed by atoms with Crippen LogP contribution in [-0.2, 0) is 57.4 Å². The molecular formula is C46H75N7O13. The molecule has 372 valence electrons. The van der Waals surface area contributed by atoms with Crippen molar-refractivity contribution in [2.24, 2.45) is 11.8 Å². The molecule has 0 aromatic heterocycles. The van der Waals surface area contributed by atoms with Gasteiger partial charge in [0.05, 0.1) is 6.42 Å². The molecule has 0 spiro atoms. The van der Waals surface area contributed by atoms with E-state index in [-0.39, 0.29) is 38.8 Å². The summed E-state index contributed by atoms with van der Waals surface area (Å²) in [6, 6.07) is -7.94. The van der Waals surface area contributed by atoms with Crippen LogP contribution in [0.3, 0.4) is 0 Å². The SMILES string of the molecule is C=CCNC(=O)C(=O)C(CC=C)NC(=O)[C@H]1CCCN1C(=O)[C@@H](NC(=O)[C@@H](NC(=O)[C@H](CCC(=O)OC(C)(C)C)NC(=O)[C@H](CC(=O)OC(C)(C)C)NC(=O)OC(C)(C)C)C(C)C)C(C)C. The molecule has 1 unspecified atom stereocenters. The summed E-state index contributed by atoms with van der Waals surface area (Å²) in [6.07, 6.45) is 0.966. The lowest BCUT2D eigenvalue weighted by molar-refractivity contribution is -0.156. The number of hydrogen-bond donors (Lipinski definition) is 6. The van der Waals surface area contributed by atoms with Crippen molar-refractivity contribution >= 4 is 59.3 Å². The van der Waals surface area contributed by atoms with Gasteiger partial charge in [0, 0.05) is 19.5 Å². The van der Waals surface area contributed by atoms with Gasteiger partial charge in [0.15, 0.2) is 0 Å². The highest BCUT2D eigenvalue weighted by atomic mass is 16.6. The lowest BCUT2D eigenvalue weighted by atomic mass is 9.98. The monoisotopic (exact) mass is 934 g/mol. The Labute approximate surface area is 389 Å². The first-order chi connectivity index (χ1) is 30.3. The molecule has 0 aromatic carbocycles. The van der Waals surface area contributed by atoms with E-state index in [1.165, 1.54) is 17.1 Å². The van der Waals surface area contributed by atoms with Crippen LogP contribution >= 0.6 is 0 Å². The van der Waals surface area contributed by atoms with E-state index in [0.29, 0.717) is 6.42 Å². The number of rotatable bonds is 23. The van der Waals surface area contributed by atoms with Crippen molar-refractivity contribution in [3.63, 3.8) is 0 Å². The number of esters is 2. The number of ketones is 1. The van der Waals surface area contributed by atoms with Crippen LogP contribution < -0.4 is 31.9 Å². The van der Waals surface area contributed by atoms with Gasteiger partial charge in [-0.05, 0) is 99.8 Å². The third kappa shape index (κ3) is 21.0. The normalized spacial score (nSPS) is 16.3. The molecular weight excluding hydrogens is 859 g/mol. The predicted octanol–water partition coefficient (Wildman–Crippen LogP) is 2.42. The van der Waals surface area contributed by atoms with Crippen molar-refractivity contribution in [3.8, 4) is 0 Å². The number of nitrogens with one attached hydrogen (secondary N) is 6. The Balaban J connectivity index is 3.46. The Morgan fingerprint density at radius 2 is 1.17 bits per heavy atom. The van der Waals surface area contributed by atoms with Crippen molar-refractivity contribution in [1.29, 1.82) is 0 Å². The number of carbonyl (C=O) groups is 10. The number of alkyl carbamates (subject to hydrolysis) is 1. The third-order valence-electron chi connectivity index (χ3n) is 9.47. The van der Waals surface area contributed by atoms with Gasteiger partial charge in [-0.25, -0.2) is 4.79 Å². The average molecular weight is 934 g/mol. The molecule has 6 atom stereocenters. The summed E-state index contributed by atoms with van der Waals surface area (Å²) in [6.45, 7) is 28.5. The van der Waals surface area contributed by atoms with Crippen molar-refractivity contribution in [3.05, 3.63) is 25.3 Å². The molecule has 7 amide bonds. The topological polar surface area (TPSA) is 274 Å². The number of likely N-dealkylation sites (tertiary alicyclic amines) is 1. The van der Waals surface area contributed by atoms with Crippen LogP contribution in [0.25, 0.3) is 0 Å². The summed E-state index contributed by atoms with van der Waals surface area (Å²) in [5, 5.41) is 15.2.